The number of amides is 1. The lowest BCUT2D eigenvalue weighted by Crippen LogP contribution is -2.49. The molecule has 0 aromatic heterocycles. The average Bonchev–Trinajstić information content (AvgIpc) is 2.73. The first-order valence-electron chi connectivity index (χ1n) is 8.91. The number of anilines is 1. The van der Waals surface area contributed by atoms with Gasteiger partial charge in [-0.25, -0.2) is 0 Å². The molecule has 0 unspecified atom stereocenters. The first-order chi connectivity index (χ1) is 14.2. The fourth-order valence-corrected chi connectivity index (χ4v) is 3.32. The third kappa shape index (κ3) is 4.01. The van der Waals surface area contributed by atoms with Gasteiger partial charge in [-0.2, -0.15) is 0 Å². The number of carbonyl (C=O) groups excluding carboxylic acids is 1. The predicted octanol–water partition coefficient (Wildman–Crippen LogP) is 2.68. The highest BCUT2D eigenvalue weighted by atomic mass is 16.6. The molecular weight excluding hydrogens is 398 g/mol. The van der Waals surface area contributed by atoms with Crippen molar-refractivity contribution in [3.63, 3.8) is 0 Å². The van der Waals surface area contributed by atoms with Crippen LogP contribution in [0.5, 0.6) is 0 Å². The number of nitrogens with zero attached hydrogens (tertiary/aromatic N) is 5. The molecule has 0 atom stereocenters. The van der Waals surface area contributed by atoms with Crippen molar-refractivity contribution in [3.05, 3.63) is 77.9 Å². The second-order valence-electron chi connectivity index (χ2n) is 6.70. The highest BCUT2D eigenvalue weighted by Gasteiger charge is 2.29. The Balaban J connectivity index is 1.77. The van der Waals surface area contributed by atoms with E-state index in [-0.39, 0.29) is 16.8 Å². The minimum Gasteiger partial charge on any atom is -0.368 e. The quantitative estimate of drug-likeness (QED) is 0.533. The van der Waals surface area contributed by atoms with Gasteiger partial charge in [0.1, 0.15) is 0 Å². The van der Waals surface area contributed by atoms with Gasteiger partial charge >= 0.3 is 0 Å². The molecule has 1 heterocycles. The zero-order valence-electron chi connectivity index (χ0n) is 15.9. The summed E-state index contributed by atoms with van der Waals surface area (Å²) in [4.78, 5) is 47.5. The SMILES string of the molecule is Cc1c(C(=O)N2CCN(c3ccc([N+](=O)[O-])cc3)CC2)cc([N+](=O)[O-])cc1[N+](=O)[O-]. The minimum atomic E-state index is -0.768. The van der Waals surface area contributed by atoms with Gasteiger partial charge in [-0.3, -0.25) is 35.1 Å². The Morgan fingerprint density at radius 1 is 0.833 bits per heavy atom. The van der Waals surface area contributed by atoms with Crippen LogP contribution in [-0.2, 0) is 0 Å². The van der Waals surface area contributed by atoms with Gasteiger partial charge in [0.05, 0.1) is 26.4 Å². The Labute approximate surface area is 169 Å². The lowest BCUT2D eigenvalue weighted by molar-refractivity contribution is -0.394. The van der Waals surface area contributed by atoms with Crippen molar-refractivity contribution in [3.8, 4) is 0 Å². The largest absolute Gasteiger partial charge is 0.368 e. The number of piperazine rings is 1. The summed E-state index contributed by atoms with van der Waals surface area (Å²) in [5.41, 5.74) is -0.226. The van der Waals surface area contributed by atoms with Crippen molar-refractivity contribution < 1.29 is 19.6 Å². The Hall–Kier alpha value is -4.09. The van der Waals surface area contributed by atoms with E-state index < -0.39 is 32.1 Å². The standard InChI is InChI=1S/C18H17N5O7/c1-12-16(10-15(22(27)28)11-17(12)23(29)30)18(24)20-8-6-19(7-9-20)13-2-4-14(5-3-13)21(25)26/h2-5,10-11H,6-9H2,1H3. The third-order valence-corrected chi connectivity index (χ3v) is 5.00. The fraction of sp³-hybridized carbons (Fsp3) is 0.278. The maximum Gasteiger partial charge on any atom is 0.279 e. The van der Waals surface area contributed by atoms with Gasteiger partial charge in [0.25, 0.3) is 23.0 Å². The molecule has 156 valence electrons. The van der Waals surface area contributed by atoms with Gasteiger partial charge in [0, 0.05) is 55.6 Å². The molecule has 0 radical (unpaired) electrons. The number of hydrogen-bond donors (Lipinski definition) is 0. The van der Waals surface area contributed by atoms with Gasteiger partial charge in [-0.05, 0) is 19.1 Å². The van der Waals surface area contributed by atoms with Gasteiger partial charge in [-0.15, -0.1) is 0 Å². The summed E-state index contributed by atoms with van der Waals surface area (Å²) in [6.07, 6.45) is 0. The number of carbonyl (C=O) groups is 1. The zero-order valence-corrected chi connectivity index (χ0v) is 15.9. The van der Waals surface area contributed by atoms with E-state index in [2.05, 4.69) is 0 Å². The molecule has 1 aliphatic heterocycles. The fourth-order valence-electron chi connectivity index (χ4n) is 3.32. The molecule has 1 saturated heterocycles. The van der Waals surface area contributed by atoms with Crippen LogP contribution in [-0.4, -0.2) is 51.8 Å². The molecule has 12 heteroatoms. The molecule has 0 saturated carbocycles. The Morgan fingerprint density at radius 2 is 1.40 bits per heavy atom. The molecule has 1 amide bonds. The molecular formula is C18H17N5O7. The number of nitro groups is 3. The zero-order chi connectivity index (χ0) is 22.0. The van der Waals surface area contributed by atoms with E-state index in [1.807, 2.05) is 4.90 Å². The van der Waals surface area contributed by atoms with Crippen LogP contribution in [0.1, 0.15) is 15.9 Å². The Bertz CT molecular complexity index is 1030. The van der Waals surface area contributed by atoms with Crippen LogP contribution in [0.15, 0.2) is 36.4 Å². The molecule has 0 aliphatic carbocycles. The van der Waals surface area contributed by atoms with Crippen molar-refractivity contribution >= 4 is 28.7 Å². The highest BCUT2D eigenvalue weighted by molar-refractivity contribution is 5.97. The van der Waals surface area contributed by atoms with Crippen molar-refractivity contribution in [1.82, 2.24) is 4.90 Å². The summed E-state index contributed by atoms with van der Waals surface area (Å²) in [5, 5.41) is 33.1. The van der Waals surface area contributed by atoms with Crippen molar-refractivity contribution in [2.75, 3.05) is 31.1 Å². The van der Waals surface area contributed by atoms with E-state index in [1.54, 1.807) is 12.1 Å². The topological polar surface area (TPSA) is 153 Å². The van der Waals surface area contributed by atoms with Crippen LogP contribution in [0, 0.1) is 37.3 Å². The number of hydrogen-bond acceptors (Lipinski definition) is 8. The maximum atomic E-state index is 12.9. The molecule has 2 aromatic rings. The van der Waals surface area contributed by atoms with E-state index in [0.29, 0.717) is 26.2 Å². The summed E-state index contributed by atoms with van der Waals surface area (Å²) in [6, 6.07) is 7.97. The number of rotatable bonds is 5. The van der Waals surface area contributed by atoms with Crippen LogP contribution in [0.3, 0.4) is 0 Å². The van der Waals surface area contributed by atoms with Crippen LogP contribution in [0.25, 0.3) is 0 Å². The molecule has 1 fully saturated rings. The second-order valence-corrected chi connectivity index (χ2v) is 6.70. The van der Waals surface area contributed by atoms with Crippen LogP contribution < -0.4 is 4.90 Å². The molecule has 1 aliphatic rings. The third-order valence-electron chi connectivity index (χ3n) is 5.00. The summed E-state index contributed by atoms with van der Waals surface area (Å²) < 4.78 is 0. The van der Waals surface area contributed by atoms with Crippen molar-refractivity contribution in [1.29, 1.82) is 0 Å². The summed E-state index contributed by atoms with van der Waals surface area (Å²) in [7, 11) is 0. The van der Waals surface area contributed by atoms with Gasteiger partial charge in [0.2, 0.25) is 0 Å². The van der Waals surface area contributed by atoms with E-state index in [1.165, 1.54) is 24.0 Å². The summed E-state index contributed by atoms with van der Waals surface area (Å²) >= 11 is 0. The van der Waals surface area contributed by atoms with Crippen LogP contribution >= 0.6 is 0 Å². The van der Waals surface area contributed by atoms with Crippen LogP contribution in [0.2, 0.25) is 0 Å². The number of benzene rings is 2. The Morgan fingerprint density at radius 3 is 1.90 bits per heavy atom. The molecule has 0 bridgehead atoms. The van der Waals surface area contributed by atoms with E-state index >= 15 is 0 Å². The summed E-state index contributed by atoms with van der Waals surface area (Å²) in [5.74, 6) is -0.511. The average molecular weight is 415 g/mol. The number of non-ortho nitro benzene ring substituents is 2. The number of nitro benzene ring substituents is 3. The first kappa shape index (κ1) is 20.6. The van der Waals surface area contributed by atoms with E-state index in [4.69, 9.17) is 0 Å². The molecule has 0 spiro atoms. The van der Waals surface area contributed by atoms with E-state index in [0.717, 1.165) is 17.8 Å². The van der Waals surface area contributed by atoms with Crippen LogP contribution in [0.4, 0.5) is 22.7 Å². The van der Waals surface area contributed by atoms with Gasteiger partial charge < -0.3 is 9.80 Å². The monoisotopic (exact) mass is 415 g/mol. The molecule has 2 aromatic carbocycles. The van der Waals surface area contributed by atoms with E-state index in [9.17, 15) is 35.1 Å². The van der Waals surface area contributed by atoms with Crippen molar-refractivity contribution in [2.24, 2.45) is 0 Å². The molecule has 12 nitrogen and oxygen atoms in total. The lowest BCUT2D eigenvalue weighted by Gasteiger charge is -2.36. The van der Waals surface area contributed by atoms with Crippen molar-refractivity contribution in [2.45, 2.75) is 6.92 Å². The predicted molar refractivity (Wildman–Crippen MR) is 106 cm³/mol. The molecule has 0 N–H and O–H groups in total. The van der Waals surface area contributed by atoms with Gasteiger partial charge in [-0.1, -0.05) is 0 Å². The highest BCUT2D eigenvalue weighted by Crippen LogP contribution is 2.29. The van der Waals surface area contributed by atoms with Gasteiger partial charge in [0.15, 0.2) is 0 Å². The normalized spacial score (nSPS) is 13.8. The molecule has 3 rings (SSSR count). The molecule has 30 heavy (non-hydrogen) atoms. The Kier molecular flexibility index (Phi) is 5.58. The lowest BCUT2D eigenvalue weighted by atomic mass is 10.0. The minimum absolute atomic E-state index is 0.0182. The maximum absolute atomic E-state index is 12.9. The smallest absolute Gasteiger partial charge is 0.279 e. The second kappa shape index (κ2) is 8.11. The summed E-state index contributed by atoms with van der Waals surface area (Å²) in [6.45, 7) is 2.87. The first-order valence-corrected chi connectivity index (χ1v) is 8.91.